The van der Waals surface area contributed by atoms with Gasteiger partial charge in [-0.25, -0.2) is 0 Å². The fraction of sp³-hybridized carbons (Fsp3) is 0.743. The van der Waals surface area contributed by atoms with Gasteiger partial charge in [0.1, 0.15) is 12.7 Å². The minimum Gasteiger partial charge on any atom is -0.497 e. The van der Waals surface area contributed by atoms with Gasteiger partial charge in [0.2, 0.25) is 0 Å². The van der Waals surface area contributed by atoms with Crippen LogP contribution in [-0.2, 0) is 19.0 Å². The number of rotatable bonds is 4. The Balaban J connectivity index is 0.00000108. The predicted molar refractivity (Wildman–Crippen MR) is 162 cm³/mol. The summed E-state index contributed by atoms with van der Waals surface area (Å²) in [5.41, 5.74) is 3.21. The zero-order valence-electron chi connectivity index (χ0n) is 26.1. The Morgan fingerprint density at radius 3 is 2.44 bits per heavy atom. The normalized spacial score (nSPS) is 40.0. The standard InChI is InChI=1S/C33H47NO4.C2H6O/c1-22(2)34-17-12-23(13-18-34)30(35)38-26-9-14-31(3)25(20-26)7-8-29-28(31)10-15-32(4)27(11-16-33(29,32)36)24-6-5-19-37-21-24;1-3-2/h5-6,20-21,23,26-29,36H,1,7-19H2,2-4H3;1-2H3. The number of allylic oxidation sites excluding steroid dienone is 4. The van der Waals surface area contributed by atoms with Gasteiger partial charge >= 0.3 is 5.97 Å². The number of hydrogen-bond donors (Lipinski definition) is 1. The first kappa shape index (κ1) is 30.4. The first-order chi connectivity index (χ1) is 19.6. The molecule has 0 radical (unpaired) electrons. The molecule has 4 aliphatic carbocycles. The highest BCUT2D eigenvalue weighted by Gasteiger charge is 2.66. The van der Waals surface area contributed by atoms with Crippen molar-refractivity contribution in [3.63, 3.8) is 0 Å². The van der Waals surface area contributed by atoms with Crippen LogP contribution >= 0.6 is 0 Å². The predicted octanol–water partition coefficient (Wildman–Crippen LogP) is 6.57. The lowest BCUT2D eigenvalue weighted by Crippen LogP contribution is -2.60. The van der Waals surface area contributed by atoms with Crippen molar-refractivity contribution in [1.82, 2.24) is 4.90 Å². The molecule has 1 saturated heterocycles. The largest absolute Gasteiger partial charge is 0.497 e. The van der Waals surface area contributed by atoms with Gasteiger partial charge < -0.3 is 24.2 Å². The third kappa shape index (κ3) is 5.33. The Labute approximate surface area is 247 Å². The molecule has 7 atom stereocenters. The first-order valence-corrected chi connectivity index (χ1v) is 16.0. The van der Waals surface area contributed by atoms with Crippen LogP contribution in [-0.4, -0.2) is 61.6 Å². The van der Waals surface area contributed by atoms with Crippen LogP contribution in [0, 0.1) is 34.5 Å². The third-order valence-electron chi connectivity index (χ3n) is 12.0. The van der Waals surface area contributed by atoms with Crippen molar-refractivity contribution in [3.05, 3.63) is 47.9 Å². The molecule has 4 fully saturated rings. The number of esters is 1. The SMILES string of the molecule is C=C(C)N1CCC(C(=O)OC2C=C3CCC4C(CCC5(C)C(C6=COCC=C6)CCC45O)C3(C)CC2)CC1.COC. The average molecular weight is 568 g/mol. The summed E-state index contributed by atoms with van der Waals surface area (Å²) < 4.78 is 16.0. The number of hydrogen-bond acceptors (Lipinski definition) is 6. The molecule has 6 heteroatoms. The Bertz CT molecular complexity index is 1090. The maximum atomic E-state index is 13.0. The zero-order valence-corrected chi connectivity index (χ0v) is 26.1. The van der Waals surface area contributed by atoms with E-state index in [2.05, 4.69) is 48.3 Å². The van der Waals surface area contributed by atoms with Crippen molar-refractivity contribution in [2.75, 3.05) is 33.9 Å². The summed E-state index contributed by atoms with van der Waals surface area (Å²) in [5, 5.41) is 12.4. The summed E-state index contributed by atoms with van der Waals surface area (Å²) in [4.78, 5) is 15.3. The summed E-state index contributed by atoms with van der Waals surface area (Å²) in [6.45, 7) is 13.3. The number of piperidine rings is 1. The second kappa shape index (κ2) is 11.9. The fourth-order valence-corrected chi connectivity index (χ4v) is 9.66. The van der Waals surface area contributed by atoms with Gasteiger partial charge in [0.15, 0.2) is 0 Å². The van der Waals surface area contributed by atoms with Crippen molar-refractivity contribution >= 4 is 5.97 Å². The lowest BCUT2D eigenvalue weighted by atomic mass is 9.45. The van der Waals surface area contributed by atoms with Crippen molar-refractivity contribution in [3.8, 4) is 0 Å². The van der Waals surface area contributed by atoms with E-state index in [4.69, 9.17) is 9.47 Å². The van der Waals surface area contributed by atoms with E-state index in [9.17, 15) is 9.90 Å². The van der Waals surface area contributed by atoms with E-state index in [0.29, 0.717) is 24.4 Å². The number of likely N-dealkylation sites (tertiary alicyclic amines) is 1. The number of ether oxygens (including phenoxy) is 3. The molecule has 0 amide bonds. The Morgan fingerprint density at radius 1 is 1.05 bits per heavy atom. The smallest absolute Gasteiger partial charge is 0.309 e. The van der Waals surface area contributed by atoms with Crippen LogP contribution in [0.1, 0.15) is 85.0 Å². The van der Waals surface area contributed by atoms with Crippen molar-refractivity contribution in [2.45, 2.75) is 96.7 Å². The maximum absolute atomic E-state index is 13.0. The van der Waals surface area contributed by atoms with Crippen molar-refractivity contribution in [1.29, 1.82) is 0 Å². The fourth-order valence-electron chi connectivity index (χ4n) is 9.66. The number of methoxy groups -OCH3 is 1. The van der Waals surface area contributed by atoms with Gasteiger partial charge in [-0.05, 0) is 112 Å². The van der Waals surface area contributed by atoms with Gasteiger partial charge in [0.05, 0.1) is 17.8 Å². The summed E-state index contributed by atoms with van der Waals surface area (Å²) in [7, 11) is 3.25. The summed E-state index contributed by atoms with van der Waals surface area (Å²) in [6.07, 6.45) is 18.4. The van der Waals surface area contributed by atoms with Crippen LogP contribution in [0.2, 0.25) is 0 Å². The maximum Gasteiger partial charge on any atom is 0.309 e. The van der Waals surface area contributed by atoms with Crippen molar-refractivity contribution < 1.29 is 24.1 Å². The molecule has 0 aromatic carbocycles. The summed E-state index contributed by atoms with van der Waals surface area (Å²) >= 11 is 0. The van der Waals surface area contributed by atoms with E-state index < -0.39 is 5.60 Å². The molecule has 6 nitrogen and oxygen atoms in total. The first-order valence-electron chi connectivity index (χ1n) is 16.0. The molecular formula is C35H53NO5. The molecule has 0 aromatic rings. The van der Waals surface area contributed by atoms with Gasteiger partial charge in [-0.2, -0.15) is 0 Å². The second-order valence-corrected chi connectivity index (χ2v) is 14.1. The van der Waals surface area contributed by atoms with Gasteiger partial charge in [0.25, 0.3) is 0 Å². The minimum atomic E-state index is -0.622. The Kier molecular flexibility index (Phi) is 8.84. The van der Waals surface area contributed by atoms with E-state index in [1.165, 1.54) is 11.1 Å². The van der Waals surface area contributed by atoms with Gasteiger partial charge in [-0.1, -0.05) is 32.1 Å². The van der Waals surface area contributed by atoms with Gasteiger partial charge in [-0.15, -0.1) is 0 Å². The number of aliphatic hydroxyl groups is 1. The zero-order chi connectivity index (χ0) is 29.4. The van der Waals surface area contributed by atoms with Crippen LogP contribution < -0.4 is 0 Å². The Morgan fingerprint density at radius 2 is 1.78 bits per heavy atom. The van der Waals surface area contributed by atoms with E-state index >= 15 is 0 Å². The quantitative estimate of drug-likeness (QED) is 0.306. The molecule has 7 unspecified atom stereocenters. The van der Waals surface area contributed by atoms with Crippen LogP contribution in [0.25, 0.3) is 0 Å². The van der Waals surface area contributed by atoms with E-state index in [1.54, 1.807) is 14.2 Å². The van der Waals surface area contributed by atoms with Crippen LogP contribution in [0.15, 0.2) is 47.9 Å². The molecule has 2 aliphatic heterocycles. The molecule has 2 heterocycles. The molecule has 0 spiro atoms. The summed E-state index contributed by atoms with van der Waals surface area (Å²) in [5.74, 6) is 1.19. The second-order valence-electron chi connectivity index (χ2n) is 14.1. The molecule has 1 N–H and O–H groups in total. The number of fused-ring (bicyclic) bond motifs is 5. The van der Waals surface area contributed by atoms with Crippen molar-refractivity contribution in [2.24, 2.45) is 34.5 Å². The van der Waals surface area contributed by atoms with E-state index in [0.717, 1.165) is 83.0 Å². The lowest BCUT2D eigenvalue weighted by Gasteiger charge is -2.62. The highest BCUT2D eigenvalue weighted by Crippen LogP contribution is 2.69. The highest BCUT2D eigenvalue weighted by atomic mass is 16.5. The number of carbonyl (C=O) groups excluding carboxylic acids is 1. The minimum absolute atomic E-state index is 0.00755. The molecule has 228 valence electrons. The highest BCUT2D eigenvalue weighted by molar-refractivity contribution is 5.73. The van der Waals surface area contributed by atoms with E-state index in [1.807, 2.05) is 13.2 Å². The van der Waals surface area contributed by atoms with Crippen LogP contribution in [0.5, 0.6) is 0 Å². The Hall–Kier alpha value is -2.05. The molecule has 0 bridgehead atoms. The molecule has 3 saturated carbocycles. The van der Waals surface area contributed by atoms with E-state index in [-0.39, 0.29) is 28.8 Å². The molecular weight excluding hydrogens is 514 g/mol. The topological polar surface area (TPSA) is 68.2 Å². The molecule has 6 aliphatic rings. The number of nitrogens with zero attached hydrogens (tertiary/aromatic N) is 1. The molecule has 6 rings (SSSR count). The lowest BCUT2D eigenvalue weighted by molar-refractivity contribution is -0.182. The monoisotopic (exact) mass is 567 g/mol. The third-order valence-corrected chi connectivity index (χ3v) is 12.0. The molecule has 0 aromatic heterocycles. The van der Waals surface area contributed by atoms with Crippen LogP contribution in [0.4, 0.5) is 0 Å². The van der Waals surface area contributed by atoms with Gasteiger partial charge in [0, 0.05) is 38.4 Å². The molecule has 41 heavy (non-hydrogen) atoms. The average Bonchev–Trinajstić information content (AvgIpc) is 3.25. The van der Waals surface area contributed by atoms with Crippen LogP contribution in [0.3, 0.4) is 0 Å². The number of carbonyl (C=O) groups is 1. The summed E-state index contributed by atoms with van der Waals surface area (Å²) in [6, 6.07) is 0. The van der Waals surface area contributed by atoms with Gasteiger partial charge in [-0.3, -0.25) is 4.79 Å².